The van der Waals surface area contributed by atoms with Gasteiger partial charge in [-0.05, 0) is 24.0 Å². The van der Waals surface area contributed by atoms with E-state index in [0.717, 1.165) is 4.90 Å². The number of hydrogen-bond donors (Lipinski definition) is 1. The Kier molecular flexibility index (Phi) is 4.15. The molecule has 2 rings (SSSR count). The number of nitro benzene ring substituents is 1. The number of benzene rings is 1. The van der Waals surface area contributed by atoms with E-state index in [0.29, 0.717) is 12.8 Å². The maximum atomic E-state index is 12.1. The van der Waals surface area contributed by atoms with Crippen LogP contribution in [0.1, 0.15) is 26.7 Å². The number of carbonyl (C=O) groups excluding carboxylic acids is 1. The largest absolute Gasteiger partial charge is 0.391 e. The van der Waals surface area contributed by atoms with Crippen molar-refractivity contribution in [1.29, 1.82) is 0 Å². The van der Waals surface area contributed by atoms with E-state index >= 15 is 0 Å². The summed E-state index contributed by atoms with van der Waals surface area (Å²) in [6.45, 7) is 3.95. The lowest BCUT2D eigenvalue weighted by molar-refractivity contribution is -0.384. The van der Waals surface area contributed by atoms with Crippen molar-refractivity contribution < 1.29 is 14.8 Å². The molecule has 1 saturated carbocycles. The first-order valence-corrected chi connectivity index (χ1v) is 7.28. The molecule has 0 unspecified atom stereocenters. The van der Waals surface area contributed by atoms with Crippen molar-refractivity contribution in [1.82, 2.24) is 0 Å². The highest BCUT2D eigenvalue weighted by molar-refractivity contribution is 8.00. The van der Waals surface area contributed by atoms with Crippen molar-refractivity contribution in [3.63, 3.8) is 0 Å². The first kappa shape index (κ1) is 15.0. The van der Waals surface area contributed by atoms with Gasteiger partial charge in [-0.3, -0.25) is 14.9 Å². The molecule has 0 aliphatic heterocycles. The Morgan fingerprint density at radius 3 is 2.45 bits per heavy atom. The summed E-state index contributed by atoms with van der Waals surface area (Å²) in [4.78, 5) is 23.0. The zero-order chi connectivity index (χ0) is 14.9. The average molecular weight is 295 g/mol. The molecule has 0 bridgehead atoms. The Labute approximate surface area is 121 Å². The predicted molar refractivity (Wildman–Crippen MR) is 76.8 cm³/mol. The van der Waals surface area contributed by atoms with Crippen LogP contribution in [0.25, 0.3) is 0 Å². The Balaban J connectivity index is 2.09. The van der Waals surface area contributed by atoms with Gasteiger partial charge in [0, 0.05) is 23.4 Å². The van der Waals surface area contributed by atoms with E-state index in [4.69, 9.17) is 0 Å². The van der Waals surface area contributed by atoms with Gasteiger partial charge >= 0.3 is 0 Å². The molecule has 1 aliphatic rings. The lowest BCUT2D eigenvalue weighted by Gasteiger charge is -2.36. The number of aliphatic hydroxyl groups is 1. The van der Waals surface area contributed by atoms with Crippen molar-refractivity contribution in [3.8, 4) is 0 Å². The number of carbonyl (C=O) groups is 1. The molecular weight excluding hydrogens is 278 g/mol. The molecule has 1 aromatic rings. The van der Waals surface area contributed by atoms with Crippen LogP contribution >= 0.6 is 11.8 Å². The van der Waals surface area contributed by atoms with Gasteiger partial charge in [0.2, 0.25) is 0 Å². The topological polar surface area (TPSA) is 80.4 Å². The molecule has 6 heteroatoms. The van der Waals surface area contributed by atoms with E-state index in [2.05, 4.69) is 0 Å². The number of nitro groups is 1. The molecule has 0 heterocycles. The van der Waals surface area contributed by atoms with E-state index < -0.39 is 16.3 Å². The van der Waals surface area contributed by atoms with Crippen molar-refractivity contribution in [2.75, 3.05) is 0 Å². The fraction of sp³-hybridized carbons (Fsp3) is 0.500. The van der Waals surface area contributed by atoms with Gasteiger partial charge < -0.3 is 5.11 Å². The molecule has 5 nitrogen and oxygen atoms in total. The van der Waals surface area contributed by atoms with Crippen LogP contribution in [0.4, 0.5) is 5.69 Å². The fourth-order valence-electron chi connectivity index (χ4n) is 2.47. The van der Waals surface area contributed by atoms with Crippen LogP contribution in [0.15, 0.2) is 29.2 Å². The molecule has 0 spiro atoms. The lowest BCUT2D eigenvalue weighted by Crippen LogP contribution is -2.42. The van der Waals surface area contributed by atoms with Crippen LogP contribution in [0, 0.1) is 15.5 Å². The number of rotatable bonds is 3. The van der Waals surface area contributed by atoms with Gasteiger partial charge in [-0.15, -0.1) is 11.8 Å². The van der Waals surface area contributed by atoms with E-state index in [-0.39, 0.29) is 16.9 Å². The number of ketones is 1. The second kappa shape index (κ2) is 5.54. The van der Waals surface area contributed by atoms with Gasteiger partial charge in [0.25, 0.3) is 5.69 Å². The summed E-state index contributed by atoms with van der Waals surface area (Å²) in [7, 11) is 0. The third kappa shape index (κ3) is 3.37. The molecule has 20 heavy (non-hydrogen) atoms. The molecule has 0 aromatic heterocycles. The van der Waals surface area contributed by atoms with E-state index in [9.17, 15) is 20.0 Å². The van der Waals surface area contributed by atoms with Crippen LogP contribution in [-0.2, 0) is 4.79 Å². The SMILES string of the molecule is CC1(C)CC(=O)[C@@H](Sc2ccc([N+](=O)[O-])cc2)[C@H](O)C1. The Morgan fingerprint density at radius 1 is 1.35 bits per heavy atom. The smallest absolute Gasteiger partial charge is 0.269 e. The summed E-state index contributed by atoms with van der Waals surface area (Å²) in [5.74, 6) is 0.0390. The quantitative estimate of drug-likeness (QED) is 0.685. The van der Waals surface area contributed by atoms with Gasteiger partial charge in [-0.25, -0.2) is 0 Å². The molecule has 0 saturated heterocycles. The molecular formula is C14H17NO4S. The normalized spacial score (nSPS) is 25.4. The van der Waals surface area contributed by atoms with Crippen molar-refractivity contribution in [2.45, 2.75) is 42.9 Å². The summed E-state index contributed by atoms with van der Waals surface area (Å²) in [6, 6.07) is 6.04. The molecule has 1 aliphatic carbocycles. The van der Waals surface area contributed by atoms with Crippen molar-refractivity contribution >= 4 is 23.2 Å². The van der Waals surface area contributed by atoms with Crippen LogP contribution < -0.4 is 0 Å². The van der Waals surface area contributed by atoms with Crippen molar-refractivity contribution in [2.24, 2.45) is 5.41 Å². The summed E-state index contributed by atoms with van der Waals surface area (Å²) < 4.78 is 0. The lowest BCUT2D eigenvalue weighted by atomic mass is 9.75. The maximum Gasteiger partial charge on any atom is 0.269 e. The summed E-state index contributed by atoms with van der Waals surface area (Å²) in [5.41, 5.74) is -0.144. The van der Waals surface area contributed by atoms with Crippen LogP contribution in [0.2, 0.25) is 0 Å². The average Bonchev–Trinajstić information content (AvgIpc) is 2.33. The highest BCUT2D eigenvalue weighted by Crippen LogP contribution is 2.40. The van der Waals surface area contributed by atoms with Gasteiger partial charge in [-0.2, -0.15) is 0 Å². The number of hydrogen-bond acceptors (Lipinski definition) is 5. The van der Waals surface area contributed by atoms with E-state index in [1.807, 2.05) is 13.8 Å². The second-order valence-electron chi connectivity index (χ2n) is 5.87. The van der Waals surface area contributed by atoms with E-state index in [1.165, 1.54) is 23.9 Å². The number of non-ortho nitro benzene ring substituents is 1. The molecule has 1 fully saturated rings. The van der Waals surface area contributed by atoms with Crippen LogP contribution in [-0.4, -0.2) is 27.2 Å². The number of Topliss-reactive ketones (excluding diaryl/α,β-unsaturated/α-hetero) is 1. The number of nitrogens with zero attached hydrogens (tertiary/aromatic N) is 1. The number of thioether (sulfide) groups is 1. The Hall–Kier alpha value is -1.40. The predicted octanol–water partition coefficient (Wildman–Crippen LogP) is 2.81. The minimum Gasteiger partial charge on any atom is -0.391 e. The summed E-state index contributed by atoms with van der Waals surface area (Å²) >= 11 is 1.28. The zero-order valence-electron chi connectivity index (χ0n) is 11.4. The summed E-state index contributed by atoms with van der Waals surface area (Å²) in [6.07, 6.45) is 0.365. The zero-order valence-corrected chi connectivity index (χ0v) is 12.2. The second-order valence-corrected chi connectivity index (χ2v) is 7.08. The monoisotopic (exact) mass is 295 g/mol. The first-order chi connectivity index (χ1) is 9.28. The van der Waals surface area contributed by atoms with Crippen LogP contribution in [0.3, 0.4) is 0 Å². The molecule has 108 valence electrons. The molecule has 1 aromatic carbocycles. The van der Waals surface area contributed by atoms with Gasteiger partial charge in [-0.1, -0.05) is 13.8 Å². The minimum atomic E-state index is -0.675. The highest BCUT2D eigenvalue weighted by atomic mass is 32.2. The van der Waals surface area contributed by atoms with Gasteiger partial charge in [0.15, 0.2) is 0 Å². The molecule has 0 radical (unpaired) electrons. The van der Waals surface area contributed by atoms with E-state index in [1.54, 1.807) is 12.1 Å². The van der Waals surface area contributed by atoms with Gasteiger partial charge in [0.1, 0.15) is 5.78 Å². The summed E-state index contributed by atoms with van der Waals surface area (Å²) in [5, 5.41) is 20.2. The maximum absolute atomic E-state index is 12.1. The minimum absolute atomic E-state index is 0.0194. The third-order valence-corrected chi connectivity index (χ3v) is 4.77. The van der Waals surface area contributed by atoms with Gasteiger partial charge in [0.05, 0.1) is 16.3 Å². The standard InChI is InChI=1S/C14H17NO4S/c1-14(2)7-11(16)13(12(17)8-14)20-10-5-3-9(4-6-10)15(18)19/h3-6,11,13,16H,7-8H2,1-2H3/t11-,13+/m1/s1. The Bertz CT molecular complexity index is 526. The Morgan fingerprint density at radius 2 is 1.95 bits per heavy atom. The fourth-order valence-corrected chi connectivity index (χ4v) is 3.52. The van der Waals surface area contributed by atoms with Crippen LogP contribution in [0.5, 0.6) is 0 Å². The molecule has 2 atom stereocenters. The highest BCUT2D eigenvalue weighted by Gasteiger charge is 2.40. The third-order valence-electron chi connectivity index (χ3n) is 3.39. The first-order valence-electron chi connectivity index (χ1n) is 6.40. The number of aliphatic hydroxyl groups excluding tert-OH is 1. The molecule has 1 N–H and O–H groups in total. The molecule has 0 amide bonds. The van der Waals surface area contributed by atoms with Crippen molar-refractivity contribution in [3.05, 3.63) is 34.4 Å².